The number of nitrogens with one attached hydrogen (secondary N) is 1. The zero-order valence-electron chi connectivity index (χ0n) is 12.7. The van der Waals surface area contributed by atoms with Crippen LogP contribution >= 0.6 is 0 Å². The molecule has 0 aliphatic carbocycles. The quantitative estimate of drug-likeness (QED) is 0.734. The second-order valence-electron chi connectivity index (χ2n) is 5.46. The van der Waals surface area contributed by atoms with E-state index in [-0.39, 0.29) is 24.8 Å². The molecule has 126 valence electrons. The van der Waals surface area contributed by atoms with Gasteiger partial charge in [-0.3, -0.25) is 9.36 Å². The molecule has 0 bridgehead atoms. The number of rotatable bonds is 4. The molecule has 2 heterocycles. The molecule has 1 amide bonds. The lowest BCUT2D eigenvalue weighted by atomic mass is 10.2. The van der Waals surface area contributed by atoms with Crippen molar-refractivity contribution < 1.29 is 19.7 Å². The summed E-state index contributed by atoms with van der Waals surface area (Å²) in [5.41, 5.74) is -0.215. The molecule has 8 heteroatoms. The van der Waals surface area contributed by atoms with Gasteiger partial charge in [-0.25, -0.2) is 4.79 Å². The van der Waals surface area contributed by atoms with E-state index in [4.69, 9.17) is 9.84 Å². The number of anilines is 1. The molecule has 0 spiro atoms. The average molecular weight is 331 g/mol. The summed E-state index contributed by atoms with van der Waals surface area (Å²) in [6.07, 6.45) is -0.703. The van der Waals surface area contributed by atoms with Crippen molar-refractivity contribution in [2.24, 2.45) is 0 Å². The second-order valence-corrected chi connectivity index (χ2v) is 5.46. The Morgan fingerprint density at radius 3 is 2.71 bits per heavy atom. The first-order valence-electron chi connectivity index (χ1n) is 7.48. The van der Waals surface area contributed by atoms with Crippen molar-refractivity contribution in [1.82, 2.24) is 9.55 Å². The lowest BCUT2D eigenvalue weighted by Crippen LogP contribution is -2.32. The summed E-state index contributed by atoms with van der Waals surface area (Å²) >= 11 is 0. The van der Waals surface area contributed by atoms with Crippen molar-refractivity contribution in [1.29, 1.82) is 0 Å². The van der Waals surface area contributed by atoms with Crippen LogP contribution in [0.4, 0.5) is 5.82 Å². The average Bonchev–Trinajstić information content (AvgIpc) is 2.96. The van der Waals surface area contributed by atoms with Gasteiger partial charge in [-0.05, 0) is 18.2 Å². The van der Waals surface area contributed by atoms with Gasteiger partial charge in [0.25, 0.3) is 5.91 Å². The highest BCUT2D eigenvalue weighted by atomic mass is 16.5. The van der Waals surface area contributed by atoms with Crippen molar-refractivity contribution in [3.05, 3.63) is 58.6 Å². The van der Waals surface area contributed by atoms with Gasteiger partial charge in [0.15, 0.2) is 6.23 Å². The van der Waals surface area contributed by atoms with Crippen molar-refractivity contribution in [2.45, 2.75) is 24.9 Å². The number of aliphatic hydroxyl groups is 2. The molecular weight excluding hydrogens is 314 g/mol. The number of aliphatic hydroxyl groups excluding tert-OH is 2. The highest BCUT2D eigenvalue weighted by Crippen LogP contribution is 2.27. The van der Waals surface area contributed by atoms with E-state index in [0.29, 0.717) is 5.56 Å². The first kappa shape index (κ1) is 16.3. The van der Waals surface area contributed by atoms with Crippen molar-refractivity contribution >= 4 is 11.7 Å². The molecule has 24 heavy (non-hydrogen) atoms. The van der Waals surface area contributed by atoms with E-state index >= 15 is 0 Å². The molecule has 1 fully saturated rings. The van der Waals surface area contributed by atoms with Crippen LogP contribution in [0.15, 0.2) is 47.4 Å². The summed E-state index contributed by atoms with van der Waals surface area (Å²) in [5, 5.41) is 21.6. The molecular formula is C16H17N3O5. The third-order valence-corrected chi connectivity index (χ3v) is 3.75. The zero-order chi connectivity index (χ0) is 17.1. The number of ether oxygens (including phenoxy) is 1. The summed E-state index contributed by atoms with van der Waals surface area (Å²) in [6, 6.07) is 10.0. The summed E-state index contributed by atoms with van der Waals surface area (Å²) in [4.78, 5) is 28.0. The van der Waals surface area contributed by atoms with E-state index in [0.717, 1.165) is 4.57 Å². The molecule has 2 aromatic rings. The Morgan fingerprint density at radius 1 is 1.33 bits per heavy atom. The lowest BCUT2D eigenvalue weighted by Gasteiger charge is -2.17. The summed E-state index contributed by atoms with van der Waals surface area (Å²) < 4.78 is 6.55. The molecule has 1 aliphatic heterocycles. The van der Waals surface area contributed by atoms with Crippen molar-refractivity contribution in [2.75, 3.05) is 11.9 Å². The van der Waals surface area contributed by atoms with Crippen molar-refractivity contribution in [3.63, 3.8) is 0 Å². The molecule has 1 aliphatic rings. The number of hydrogen-bond acceptors (Lipinski definition) is 6. The number of hydrogen-bond donors (Lipinski definition) is 3. The molecule has 0 radical (unpaired) electrons. The van der Waals surface area contributed by atoms with Gasteiger partial charge in [0.2, 0.25) is 0 Å². The number of carbonyl (C=O) groups is 1. The Balaban J connectivity index is 1.76. The van der Waals surface area contributed by atoms with E-state index in [1.807, 2.05) is 0 Å². The van der Waals surface area contributed by atoms with Crippen LogP contribution in [0.1, 0.15) is 23.0 Å². The number of benzene rings is 1. The second kappa shape index (κ2) is 6.91. The largest absolute Gasteiger partial charge is 0.394 e. The van der Waals surface area contributed by atoms with Crippen LogP contribution < -0.4 is 11.0 Å². The first-order chi connectivity index (χ1) is 11.6. The van der Waals surface area contributed by atoms with E-state index in [2.05, 4.69) is 10.3 Å². The fourth-order valence-electron chi connectivity index (χ4n) is 2.55. The standard InChI is InChI=1S/C16H17N3O5/c20-9-11-8-12(21)15(24-11)19-7-6-13(18-16(19)23)17-14(22)10-4-2-1-3-5-10/h1-7,11-12,15,20-21H,8-9H2,(H,17,18,22,23)/t11-,12-,15+/m0/s1. The van der Waals surface area contributed by atoms with Gasteiger partial charge in [-0.15, -0.1) is 0 Å². The molecule has 8 nitrogen and oxygen atoms in total. The zero-order valence-corrected chi connectivity index (χ0v) is 12.7. The topological polar surface area (TPSA) is 114 Å². The molecule has 1 saturated heterocycles. The van der Waals surface area contributed by atoms with E-state index < -0.39 is 24.1 Å². The minimum atomic E-state index is -0.911. The van der Waals surface area contributed by atoms with E-state index in [1.54, 1.807) is 30.3 Å². The maximum absolute atomic E-state index is 12.1. The van der Waals surface area contributed by atoms with Gasteiger partial charge in [0.05, 0.1) is 12.7 Å². The van der Waals surface area contributed by atoms with Crippen LogP contribution in [0.5, 0.6) is 0 Å². The Labute approximate surface area is 137 Å². The van der Waals surface area contributed by atoms with Crippen LogP contribution in [-0.4, -0.2) is 44.5 Å². The minimum Gasteiger partial charge on any atom is -0.394 e. The van der Waals surface area contributed by atoms with E-state index in [1.165, 1.54) is 12.3 Å². The molecule has 1 aromatic heterocycles. The predicted molar refractivity (Wildman–Crippen MR) is 84.5 cm³/mol. The highest BCUT2D eigenvalue weighted by molar-refractivity contribution is 6.03. The van der Waals surface area contributed by atoms with Crippen LogP contribution in [-0.2, 0) is 4.74 Å². The van der Waals surface area contributed by atoms with Gasteiger partial charge >= 0.3 is 5.69 Å². The molecule has 3 rings (SSSR count). The molecule has 3 N–H and O–H groups in total. The van der Waals surface area contributed by atoms with Crippen molar-refractivity contribution in [3.8, 4) is 0 Å². The number of nitrogens with zero attached hydrogens (tertiary/aromatic N) is 2. The number of amides is 1. The van der Waals surface area contributed by atoms with E-state index in [9.17, 15) is 14.7 Å². The Kier molecular flexibility index (Phi) is 4.70. The fraction of sp³-hybridized carbons (Fsp3) is 0.312. The molecule has 0 saturated carbocycles. The van der Waals surface area contributed by atoms with Gasteiger partial charge < -0.3 is 20.3 Å². The minimum absolute atomic E-state index is 0.108. The van der Waals surface area contributed by atoms with Crippen LogP contribution in [0.25, 0.3) is 0 Å². The highest BCUT2D eigenvalue weighted by Gasteiger charge is 2.35. The lowest BCUT2D eigenvalue weighted by molar-refractivity contribution is -0.0529. The summed E-state index contributed by atoms with van der Waals surface area (Å²) in [7, 11) is 0. The fourth-order valence-corrected chi connectivity index (χ4v) is 2.55. The Hall–Kier alpha value is -2.55. The third-order valence-electron chi connectivity index (χ3n) is 3.75. The van der Waals surface area contributed by atoms with Gasteiger partial charge in [0, 0.05) is 18.2 Å². The molecule has 1 aromatic carbocycles. The Morgan fingerprint density at radius 2 is 2.08 bits per heavy atom. The van der Waals surface area contributed by atoms with Gasteiger partial charge in [-0.2, -0.15) is 4.98 Å². The summed E-state index contributed by atoms with van der Waals surface area (Å²) in [5.74, 6) is -0.269. The predicted octanol–water partition coefficient (Wildman–Crippen LogP) is 0.136. The van der Waals surface area contributed by atoms with Gasteiger partial charge in [0.1, 0.15) is 11.9 Å². The molecule has 3 atom stereocenters. The SMILES string of the molecule is O=C(Nc1ccn([C@@H]2O[C@H](CO)C[C@@H]2O)c(=O)n1)c1ccccc1. The number of aromatic nitrogens is 2. The smallest absolute Gasteiger partial charge is 0.351 e. The summed E-state index contributed by atoms with van der Waals surface area (Å²) in [6.45, 7) is -0.235. The normalized spacial score (nSPS) is 23.2. The third kappa shape index (κ3) is 3.35. The maximum atomic E-state index is 12.1. The first-order valence-corrected chi connectivity index (χ1v) is 7.48. The van der Waals surface area contributed by atoms with Crippen LogP contribution in [0, 0.1) is 0 Å². The number of carbonyl (C=O) groups excluding carboxylic acids is 1. The van der Waals surface area contributed by atoms with Gasteiger partial charge in [-0.1, -0.05) is 18.2 Å². The molecule has 0 unspecified atom stereocenters. The van der Waals surface area contributed by atoms with Crippen LogP contribution in [0.3, 0.4) is 0 Å². The monoisotopic (exact) mass is 331 g/mol. The Bertz CT molecular complexity index is 777. The maximum Gasteiger partial charge on any atom is 0.351 e. The van der Waals surface area contributed by atoms with Crippen LogP contribution in [0.2, 0.25) is 0 Å².